The van der Waals surface area contributed by atoms with E-state index < -0.39 is 0 Å². The topological polar surface area (TPSA) is 34.8 Å². The summed E-state index contributed by atoms with van der Waals surface area (Å²) < 4.78 is 3.98. The summed E-state index contributed by atoms with van der Waals surface area (Å²) in [7, 11) is 4.01. The van der Waals surface area contributed by atoms with Gasteiger partial charge in [-0.15, -0.1) is 0 Å². The van der Waals surface area contributed by atoms with Gasteiger partial charge in [0.2, 0.25) is 0 Å². The molecule has 0 fully saturated rings. The van der Waals surface area contributed by atoms with Crippen LogP contribution in [0.2, 0.25) is 0 Å². The molecule has 0 saturated carbocycles. The molecule has 4 heteroatoms. The molecule has 2 aromatic rings. The standard InChI is InChI=1S/C13H20N4/c1-10(13-8-15-17(4)11(13)2)14-7-12-5-6-16(3)9-12/h5-6,8-10,14H,7H2,1-4H3. The van der Waals surface area contributed by atoms with Gasteiger partial charge in [0.1, 0.15) is 0 Å². The van der Waals surface area contributed by atoms with Crippen LogP contribution in [0.5, 0.6) is 0 Å². The summed E-state index contributed by atoms with van der Waals surface area (Å²) in [6.45, 7) is 5.16. The zero-order chi connectivity index (χ0) is 12.4. The molecular weight excluding hydrogens is 212 g/mol. The Morgan fingerprint density at radius 2 is 2.18 bits per heavy atom. The number of rotatable bonds is 4. The quantitative estimate of drug-likeness (QED) is 0.874. The summed E-state index contributed by atoms with van der Waals surface area (Å²) in [6.07, 6.45) is 6.14. The van der Waals surface area contributed by atoms with E-state index in [2.05, 4.69) is 47.3 Å². The van der Waals surface area contributed by atoms with E-state index in [1.165, 1.54) is 16.8 Å². The molecule has 17 heavy (non-hydrogen) atoms. The number of aromatic nitrogens is 3. The third-order valence-corrected chi connectivity index (χ3v) is 3.25. The SMILES string of the molecule is Cc1c(C(C)NCc2ccn(C)c2)cnn1C. The maximum absolute atomic E-state index is 4.27. The second kappa shape index (κ2) is 4.75. The molecule has 0 amide bonds. The van der Waals surface area contributed by atoms with E-state index in [1.807, 2.05) is 25.0 Å². The van der Waals surface area contributed by atoms with Gasteiger partial charge in [-0.25, -0.2) is 0 Å². The normalized spacial score (nSPS) is 12.9. The minimum absolute atomic E-state index is 0.323. The smallest absolute Gasteiger partial charge is 0.0540 e. The van der Waals surface area contributed by atoms with Gasteiger partial charge in [0.05, 0.1) is 6.20 Å². The van der Waals surface area contributed by atoms with Crippen LogP contribution in [0.1, 0.15) is 29.8 Å². The van der Waals surface area contributed by atoms with Crippen LogP contribution in [0.25, 0.3) is 0 Å². The molecule has 2 heterocycles. The number of hydrogen-bond acceptors (Lipinski definition) is 2. The van der Waals surface area contributed by atoms with Crippen molar-refractivity contribution in [3.05, 3.63) is 41.5 Å². The molecular formula is C13H20N4. The molecule has 0 aliphatic carbocycles. The highest BCUT2D eigenvalue weighted by atomic mass is 15.3. The van der Waals surface area contributed by atoms with Gasteiger partial charge in [-0.1, -0.05) is 0 Å². The highest BCUT2D eigenvalue weighted by Crippen LogP contribution is 2.16. The van der Waals surface area contributed by atoms with E-state index in [-0.39, 0.29) is 0 Å². The van der Waals surface area contributed by atoms with Gasteiger partial charge < -0.3 is 9.88 Å². The minimum Gasteiger partial charge on any atom is -0.357 e. The van der Waals surface area contributed by atoms with E-state index in [0.29, 0.717) is 6.04 Å². The third-order valence-electron chi connectivity index (χ3n) is 3.25. The maximum Gasteiger partial charge on any atom is 0.0540 e. The Balaban J connectivity index is 1.98. The zero-order valence-corrected chi connectivity index (χ0v) is 10.9. The van der Waals surface area contributed by atoms with Gasteiger partial charge in [0, 0.05) is 50.3 Å². The Morgan fingerprint density at radius 3 is 2.71 bits per heavy atom. The van der Waals surface area contributed by atoms with Gasteiger partial charge in [0.15, 0.2) is 0 Å². The number of aryl methyl sites for hydroxylation is 2. The Labute approximate surface area is 102 Å². The largest absolute Gasteiger partial charge is 0.357 e. The zero-order valence-electron chi connectivity index (χ0n) is 10.9. The van der Waals surface area contributed by atoms with Crippen molar-refractivity contribution in [3.63, 3.8) is 0 Å². The third kappa shape index (κ3) is 2.58. The van der Waals surface area contributed by atoms with Crippen molar-refractivity contribution in [1.29, 1.82) is 0 Å². The first-order valence-corrected chi connectivity index (χ1v) is 5.90. The lowest BCUT2D eigenvalue weighted by molar-refractivity contribution is 0.570. The highest BCUT2D eigenvalue weighted by molar-refractivity contribution is 5.20. The first-order valence-electron chi connectivity index (χ1n) is 5.90. The molecule has 4 nitrogen and oxygen atoms in total. The Morgan fingerprint density at radius 1 is 1.41 bits per heavy atom. The second-order valence-electron chi connectivity index (χ2n) is 4.60. The van der Waals surface area contributed by atoms with Crippen LogP contribution < -0.4 is 5.32 Å². The van der Waals surface area contributed by atoms with Crippen molar-refractivity contribution in [3.8, 4) is 0 Å². The fourth-order valence-electron chi connectivity index (χ4n) is 1.99. The molecule has 0 radical (unpaired) electrons. The summed E-state index contributed by atoms with van der Waals surface area (Å²) in [5.74, 6) is 0. The average Bonchev–Trinajstić information content (AvgIpc) is 2.84. The average molecular weight is 232 g/mol. The molecule has 0 aliphatic heterocycles. The first-order chi connectivity index (χ1) is 8.08. The highest BCUT2D eigenvalue weighted by Gasteiger charge is 2.11. The summed E-state index contributed by atoms with van der Waals surface area (Å²) >= 11 is 0. The predicted octanol–water partition coefficient (Wildman–Crippen LogP) is 1.92. The fourth-order valence-corrected chi connectivity index (χ4v) is 1.99. The van der Waals surface area contributed by atoms with Crippen LogP contribution in [-0.2, 0) is 20.6 Å². The Kier molecular flexibility index (Phi) is 3.33. The summed E-state index contributed by atoms with van der Waals surface area (Å²) in [5, 5.41) is 7.78. The minimum atomic E-state index is 0.323. The molecule has 92 valence electrons. The molecule has 2 rings (SSSR count). The van der Waals surface area contributed by atoms with E-state index in [4.69, 9.17) is 0 Å². The lowest BCUT2D eigenvalue weighted by Crippen LogP contribution is -2.18. The van der Waals surface area contributed by atoms with Crippen molar-refractivity contribution in [2.45, 2.75) is 26.4 Å². The number of nitrogens with one attached hydrogen (secondary N) is 1. The van der Waals surface area contributed by atoms with Gasteiger partial charge in [0.25, 0.3) is 0 Å². The molecule has 1 atom stereocenters. The van der Waals surface area contributed by atoms with Crippen LogP contribution in [0.4, 0.5) is 0 Å². The van der Waals surface area contributed by atoms with Crippen LogP contribution in [0.3, 0.4) is 0 Å². The molecule has 0 aromatic carbocycles. The lowest BCUT2D eigenvalue weighted by atomic mass is 10.1. The Hall–Kier alpha value is -1.55. The van der Waals surface area contributed by atoms with Crippen molar-refractivity contribution in [1.82, 2.24) is 19.7 Å². The molecule has 2 aromatic heterocycles. The summed E-state index contributed by atoms with van der Waals surface area (Å²) in [6, 6.07) is 2.46. The van der Waals surface area contributed by atoms with Crippen molar-refractivity contribution in [2.75, 3.05) is 0 Å². The van der Waals surface area contributed by atoms with Crippen molar-refractivity contribution >= 4 is 0 Å². The van der Waals surface area contributed by atoms with E-state index in [1.54, 1.807) is 0 Å². The van der Waals surface area contributed by atoms with Gasteiger partial charge >= 0.3 is 0 Å². The van der Waals surface area contributed by atoms with Gasteiger partial charge in [-0.3, -0.25) is 4.68 Å². The molecule has 1 unspecified atom stereocenters. The lowest BCUT2D eigenvalue weighted by Gasteiger charge is -2.12. The van der Waals surface area contributed by atoms with Crippen LogP contribution in [0, 0.1) is 6.92 Å². The summed E-state index contributed by atoms with van der Waals surface area (Å²) in [5.41, 5.74) is 3.79. The maximum atomic E-state index is 4.27. The molecule has 0 spiro atoms. The molecule has 0 aliphatic rings. The predicted molar refractivity (Wildman–Crippen MR) is 68.6 cm³/mol. The molecule has 1 N–H and O–H groups in total. The Bertz CT molecular complexity index is 495. The van der Waals surface area contributed by atoms with Crippen molar-refractivity contribution < 1.29 is 0 Å². The van der Waals surface area contributed by atoms with Gasteiger partial charge in [-0.2, -0.15) is 5.10 Å². The van der Waals surface area contributed by atoms with Crippen LogP contribution >= 0.6 is 0 Å². The fraction of sp³-hybridized carbons (Fsp3) is 0.462. The van der Waals surface area contributed by atoms with Crippen LogP contribution in [0.15, 0.2) is 24.7 Å². The van der Waals surface area contributed by atoms with Gasteiger partial charge in [-0.05, 0) is 25.5 Å². The van der Waals surface area contributed by atoms with E-state index in [9.17, 15) is 0 Å². The second-order valence-corrected chi connectivity index (χ2v) is 4.60. The monoisotopic (exact) mass is 232 g/mol. The van der Waals surface area contributed by atoms with Crippen LogP contribution in [-0.4, -0.2) is 14.3 Å². The van der Waals surface area contributed by atoms with E-state index >= 15 is 0 Å². The van der Waals surface area contributed by atoms with Crippen molar-refractivity contribution in [2.24, 2.45) is 14.1 Å². The first kappa shape index (κ1) is 11.9. The molecule has 0 bridgehead atoms. The number of hydrogen-bond donors (Lipinski definition) is 1. The molecule has 0 saturated heterocycles. The summed E-state index contributed by atoms with van der Waals surface area (Å²) in [4.78, 5) is 0. The van der Waals surface area contributed by atoms with E-state index in [0.717, 1.165) is 6.54 Å². The number of nitrogens with zero attached hydrogens (tertiary/aromatic N) is 3.